The molecule has 1 aliphatic heterocycles. The number of halogens is 1. The van der Waals surface area contributed by atoms with Crippen molar-refractivity contribution in [1.82, 2.24) is 5.32 Å². The minimum atomic E-state index is -0.509. The van der Waals surface area contributed by atoms with Gasteiger partial charge in [0.15, 0.2) is 0 Å². The van der Waals surface area contributed by atoms with Crippen molar-refractivity contribution in [2.45, 2.75) is 18.9 Å². The van der Waals surface area contributed by atoms with Gasteiger partial charge in [0.2, 0.25) is 0 Å². The number of benzene rings is 1. The molecule has 0 aliphatic carbocycles. The number of rotatable bonds is 2. The summed E-state index contributed by atoms with van der Waals surface area (Å²) < 4.78 is 18.3. The van der Waals surface area contributed by atoms with Crippen LogP contribution in [0.15, 0.2) is 18.2 Å². The van der Waals surface area contributed by atoms with Crippen LogP contribution in [-0.4, -0.2) is 19.6 Å². The summed E-state index contributed by atoms with van der Waals surface area (Å²) in [6, 6.07) is 4.57. The van der Waals surface area contributed by atoms with Crippen molar-refractivity contribution >= 4 is 5.97 Å². The van der Waals surface area contributed by atoms with Crippen molar-refractivity contribution in [2.24, 2.45) is 0 Å². The Morgan fingerprint density at radius 2 is 2.38 bits per heavy atom. The van der Waals surface area contributed by atoms with Gasteiger partial charge < -0.3 is 10.1 Å². The van der Waals surface area contributed by atoms with E-state index < -0.39 is 5.97 Å². The lowest BCUT2D eigenvalue weighted by Crippen LogP contribution is -2.15. The van der Waals surface area contributed by atoms with Gasteiger partial charge in [-0.2, -0.15) is 0 Å². The van der Waals surface area contributed by atoms with E-state index in [4.69, 9.17) is 0 Å². The van der Waals surface area contributed by atoms with E-state index in [-0.39, 0.29) is 17.4 Å². The van der Waals surface area contributed by atoms with Crippen LogP contribution in [0.3, 0.4) is 0 Å². The van der Waals surface area contributed by atoms with Crippen molar-refractivity contribution in [1.29, 1.82) is 0 Å². The fraction of sp³-hybridized carbons (Fsp3) is 0.417. The summed E-state index contributed by atoms with van der Waals surface area (Å²) in [6.07, 6.45) is 2.00. The van der Waals surface area contributed by atoms with Crippen LogP contribution in [0.1, 0.15) is 34.8 Å². The third kappa shape index (κ3) is 2.07. The fourth-order valence-corrected chi connectivity index (χ4v) is 2.00. The molecule has 0 bridgehead atoms. The predicted molar refractivity (Wildman–Crippen MR) is 57.7 cm³/mol. The summed E-state index contributed by atoms with van der Waals surface area (Å²) in [7, 11) is 1.28. The van der Waals surface area contributed by atoms with Crippen molar-refractivity contribution in [3.8, 4) is 0 Å². The Bertz CT molecular complexity index is 400. The molecule has 86 valence electrons. The van der Waals surface area contributed by atoms with Gasteiger partial charge in [0.25, 0.3) is 0 Å². The number of methoxy groups -OCH3 is 1. The van der Waals surface area contributed by atoms with E-state index in [1.54, 1.807) is 12.1 Å². The second kappa shape index (κ2) is 4.61. The minimum Gasteiger partial charge on any atom is -0.465 e. The molecule has 0 saturated carbocycles. The third-order valence-corrected chi connectivity index (χ3v) is 2.86. The van der Waals surface area contributed by atoms with Crippen molar-refractivity contribution in [2.75, 3.05) is 13.7 Å². The maximum atomic E-state index is 13.8. The summed E-state index contributed by atoms with van der Waals surface area (Å²) in [5, 5.41) is 3.22. The highest BCUT2D eigenvalue weighted by molar-refractivity contribution is 5.89. The van der Waals surface area contributed by atoms with Gasteiger partial charge in [-0.25, -0.2) is 9.18 Å². The minimum absolute atomic E-state index is 0.0756. The topological polar surface area (TPSA) is 38.3 Å². The summed E-state index contributed by atoms with van der Waals surface area (Å²) >= 11 is 0. The van der Waals surface area contributed by atoms with Crippen molar-refractivity contribution in [3.05, 3.63) is 35.1 Å². The molecule has 1 atom stereocenters. The first kappa shape index (κ1) is 11.1. The highest BCUT2D eigenvalue weighted by atomic mass is 19.1. The average Bonchev–Trinajstić information content (AvgIpc) is 2.81. The van der Waals surface area contributed by atoms with Gasteiger partial charge >= 0.3 is 5.97 Å². The molecule has 0 amide bonds. The van der Waals surface area contributed by atoms with E-state index >= 15 is 0 Å². The van der Waals surface area contributed by atoms with E-state index in [9.17, 15) is 9.18 Å². The molecule has 16 heavy (non-hydrogen) atoms. The van der Waals surface area contributed by atoms with Crippen LogP contribution >= 0.6 is 0 Å². The Labute approximate surface area is 93.6 Å². The first-order chi connectivity index (χ1) is 7.72. The van der Waals surface area contributed by atoms with Gasteiger partial charge in [-0.15, -0.1) is 0 Å². The highest BCUT2D eigenvalue weighted by Gasteiger charge is 2.20. The summed E-state index contributed by atoms with van der Waals surface area (Å²) in [6.45, 7) is 0.920. The number of carbonyl (C=O) groups is 1. The number of hydrogen-bond acceptors (Lipinski definition) is 3. The Kier molecular flexibility index (Phi) is 3.19. The molecule has 0 spiro atoms. The second-order valence-electron chi connectivity index (χ2n) is 3.88. The summed E-state index contributed by atoms with van der Waals surface area (Å²) in [4.78, 5) is 11.2. The molecular weight excluding hydrogens is 209 g/mol. The highest BCUT2D eigenvalue weighted by Crippen LogP contribution is 2.25. The number of esters is 1. The molecule has 1 saturated heterocycles. The Morgan fingerprint density at radius 3 is 2.94 bits per heavy atom. The van der Waals surface area contributed by atoms with E-state index in [1.807, 2.05) is 0 Å². The molecule has 1 heterocycles. The SMILES string of the molecule is COC(=O)c1ccc([C@H]2CCCN2)c(F)c1. The van der Waals surface area contributed by atoms with Gasteiger partial charge in [0.1, 0.15) is 5.82 Å². The molecule has 4 heteroatoms. The van der Waals surface area contributed by atoms with E-state index in [2.05, 4.69) is 10.1 Å². The second-order valence-corrected chi connectivity index (χ2v) is 3.88. The zero-order valence-corrected chi connectivity index (χ0v) is 9.13. The quantitative estimate of drug-likeness (QED) is 0.780. The monoisotopic (exact) mass is 223 g/mol. The number of carbonyl (C=O) groups excluding carboxylic acids is 1. The number of ether oxygens (including phenoxy) is 1. The van der Waals surface area contributed by atoms with Gasteiger partial charge in [0, 0.05) is 11.6 Å². The van der Waals surface area contributed by atoms with E-state index in [0.717, 1.165) is 19.4 Å². The molecule has 1 aromatic rings. The normalized spacial score (nSPS) is 19.8. The van der Waals surface area contributed by atoms with Gasteiger partial charge in [-0.1, -0.05) is 6.07 Å². The number of nitrogens with one attached hydrogen (secondary N) is 1. The lowest BCUT2D eigenvalue weighted by atomic mass is 10.0. The maximum Gasteiger partial charge on any atom is 0.337 e. The largest absolute Gasteiger partial charge is 0.465 e. The fourth-order valence-electron chi connectivity index (χ4n) is 2.00. The van der Waals surface area contributed by atoms with Crippen LogP contribution < -0.4 is 5.32 Å². The maximum absolute atomic E-state index is 13.8. The molecule has 1 N–H and O–H groups in total. The smallest absolute Gasteiger partial charge is 0.337 e. The molecule has 0 radical (unpaired) electrons. The first-order valence-corrected chi connectivity index (χ1v) is 5.33. The standard InChI is InChI=1S/C12H14FNO2/c1-16-12(15)8-4-5-9(10(13)7-8)11-3-2-6-14-11/h4-5,7,11,14H,2-3,6H2,1H3/t11-/m1/s1. The molecule has 0 unspecified atom stereocenters. The van der Waals surface area contributed by atoms with Crippen molar-refractivity contribution in [3.63, 3.8) is 0 Å². The van der Waals surface area contributed by atoms with Crippen LogP contribution in [0, 0.1) is 5.82 Å². The number of hydrogen-bond donors (Lipinski definition) is 1. The Morgan fingerprint density at radius 1 is 1.56 bits per heavy atom. The van der Waals surface area contributed by atoms with Gasteiger partial charge in [-0.3, -0.25) is 0 Å². The summed E-state index contributed by atoms with van der Waals surface area (Å²) in [5.41, 5.74) is 0.881. The first-order valence-electron chi connectivity index (χ1n) is 5.33. The van der Waals surface area contributed by atoms with Crippen LogP contribution in [0.2, 0.25) is 0 Å². The molecule has 1 fully saturated rings. The van der Waals surface area contributed by atoms with Crippen LogP contribution in [0.25, 0.3) is 0 Å². The van der Waals surface area contributed by atoms with Crippen molar-refractivity contribution < 1.29 is 13.9 Å². The Balaban J connectivity index is 2.25. The average molecular weight is 223 g/mol. The van der Waals surface area contributed by atoms with E-state index in [0.29, 0.717) is 5.56 Å². The third-order valence-electron chi connectivity index (χ3n) is 2.86. The Hall–Kier alpha value is -1.42. The summed E-state index contributed by atoms with van der Waals surface area (Å²) in [5.74, 6) is -0.855. The van der Waals surface area contributed by atoms with Crippen LogP contribution in [-0.2, 0) is 4.74 Å². The van der Waals surface area contributed by atoms with Gasteiger partial charge in [-0.05, 0) is 31.5 Å². The molecule has 1 aliphatic rings. The van der Waals surface area contributed by atoms with E-state index in [1.165, 1.54) is 13.2 Å². The van der Waals surface area contributed by atoms with Crippen LogP contribution in [0.4, 0.5) is 4.39 Å². The molecule has 2 rings (SSSR count). The van der Waals surface area contributed by atoms with Crippen LogP contribution in [0.5, 0.6) is 0 Å². The van der Waals surface area contributed by atoms with Gasteiger partial charge in [0.05, 0.1) is 12.7 Å². The molecule has 0 aromatic heterocycles. The predicted octanol–water partition coefficient (Wildman–Crippen LogP) is 2.04. The molecule has 3 nitrogen and oxygen atoms in total. The zero-order chi connectivity index (χ0) is 11.5. The lowest BCUT2D eigenvalue weighted by Gasteiger charge is -2.12. The molecule has 1 aromatic carbocycles. The zero-order valence-electron chi connectivity index (χ0n) is 9.13. The molecular formula is C12H14FNO2. The lowest BCUT2D eigenvalue weighted by molar-refractivity contribution is 0.0600.